The van der Waals surface area contributed by atoms with E-state index in [1.165, 1.54) is 63.4 Å². The van der Waals surface area contributed by atoms with Crippen molar-refractivity contribution in [3.63, 3.8) is 0 Å². The van der Waals surface area contributed by atoms with Crippen molar-refractivity contribution >= 4 is 0 Å². The predicted molar refractivity (Wildman–Crippen MR) is 148 cm³/mol. The summed E-state index contributed by atoms with van der Waals surface area (Å²) in [5.41, 5.74) is 2.55. The minimum Gasteiger partial charge on any atom is -0.207 e. The first-order chi connectivity index (χ1) is 17.5. The van der Waals surface area contributed by atoms with Gasteiger partial charge in [0.1, 0.15) is 11.6 Å². The molecule has 2 aromatic rings. The molecule has 0 spiro atoms. The van der Waals surface area contributed by atoms with Crippen molar-refractivity contribution in [3.05, 3.63) is 82.9 Å². The topological polar surface area (TPSA) is 0 Å². The Morgan fingerprint density at radius 3 is 1.97 bits per heavy atom. The van der Waals surface area contributed by atoms with Crippen molar-refractivity contribution in [1.82, 2.24) is 0 Å². The Morgan fingerprint density at radius 1 is 0.806 bits per heavy atom. The number of hydrogen-bond acceptors (Lipinski definition) is 0. The van der Waals surface area contributed by atoms with Crippen LogP contribution in [0, 0.1) is 35.3 Å². The second kappa shape index (κ2) is 13.5. The number of aryl methyl sites for hydroxylation is 1. The smallest absolute Gasteiger partial charge is 0.129 e. The molecule has 0 aromatic heterocycles. The van der Waals surface area contributed by atoms with Gasteiger partial charge in [-0.25, -0.2) is 8.78 Å². The molecule has 2 aliphatic rings. The molecule has 0 N–H and O–H groups in total. The van der Waals surface area contributed by atoms with Crippen LogP contribution in [0.25, 0.3) is 0 Å². The molecule has 2 aromatic carbocycles. The fourth-order valence-electron chi connectivity index (χ4n) is 7.07. The predicted octanol–water partition coefficient (Wildman–Crippen LogP) is 10.2. The van der Waals surface area contributed by atoms with Crippen LogP contribution in [-0.4, -0.2) is 0 Å². The van der Waals surface area contributed by atoms with E-state index in [1.54, 1.807) is 12.1 Å². The molecule has 0 heterocycles. The fourth-order valence-corrected chi connectivity index (χ4v) is 7.07. The van der Waals surface area contributed by atoms with Gasteiger partial charge in [0, 0.05) is 5.56 Å². The van der Waals surface area contributed by atoms with Gasteiger partial charge in [-0.3, -0.25) is 0 Å². The first kappa shape index (κ1) is 27.1. The highest BCUT2D eigenvalue weighted by Crippen LogP contribution is 2.44. The number of halogens is 2. The molecule has 0 unspecified atom stereocenters. The van der Waals surface area contributed by atoms with Crippen LogP contribution in [0.2, 0.25) is 0 Å². The van der Waals surface area contributed by atoms with E-state index >= 15 is 0 Å². The summed E-state index contributed by atoms with van der Waals surface area (Å²) in [6, 6.07) is 14.2. The lowest BCUT2D eigenvalue weighted by Crippen LogP contribution is -2.26. The van der Waals surface area contributed by atoms with Crippen LogP contribution in [0.5, 0.6) is 0 Å². The van der Waals surface area contributed by atoms with Crippen LogP contribution in [0.4, 0.5) is 8.78 Å². The van der Waals surface area contributed by atoms with E-state index in [0.29, 0.717) is 24.7 Å². The number of rotatable bonds is 10. The standard InChI is InChI=1S/C34H46F2/c1-3-4-6-11-32-33(35)23-28(24-34(32)36)13-12-26-14-18-30(19-15-26)31-20-16-27(17-21-31)22-25(2)29-9-7-5-8-10-29/h3-5,7-10,23-27,30-31H,6,11-22H2,1-2H3/b4-3+/t25-,26?,27?,30?,31?/m1/s1. The second-order valence-corrected chi connectivity index (χ2v) is 11.8. The highest BCUT2D eigenvalue weighted by atomic mass is 19.1. The number of hydrogen-bond donors (Lipinski definition) is 0. The van der Waals surface area contributed by atoms with E-state index < -0.39 is 0 Å². The molecule has 0 nitrogen and oxygen atoms in total. The van der Waals surface area contributed by atoms with Crippen LogP contribution in [0.15, 0.2) is 54.6 Å². The molecule has 0 saturated heterocycles. The molecule has 0 radical (unpaired) electrons. The molecular weight excluding hydrogens is 446 g/mol. The van der Waals surface area contributed by atoms with E-state index in [4.69, 9.17) is 0 Å². The van der Waals surface area contributed by atoms with Crippen LogP contribution < -0.4 is 0 Å². The zero-order valence-corrected chi connectivity index (χ0v) is 22.5. The molecule has 2 saturated carbocycles. The van der Waals surface area contributed by atoms with Gasteiger partial charge >= 0.3 is 0 Å². The van der Waals surface area contributed by atoms with Gasteiger partial charge in [0.25, 0.3) is 0 Å². The summed E-state index contributed by atoms with van der Waals surface area (Å²) >= 11 is 0. The maximum atomic E-state index is 14.5. The molecular formula is C34H46F2. The summed E-state index contributed by atoms with van der Waals surface area (Å²) in [6.07, 6.45) is 19.1. The van der Waals surface area contributed by atoms with Crippen LogP contribution in [0.3, 0.4) is 0 Å². The van der Waals surface area contributed by atoms with Gasteiger partial charge in [0.15, 0.2) is 0 Å². The fraction of sp³-hybridized carbons (Fsp3) is 0.588. The third-order valence-corrected chi connectivity index (χ3v) is 9.34. The number of allylic oxidation sites excluding steroid dienone is 2. The van der Waals surface area contributed by atoms with Crippen molar-refractivity contribution < 1.29 is 8.78 Å². The molecule has 2 fully saturated rings. The Bertz CT molecular complexity index is 923. The van der Waals surface area contributed by atoms with Crippen LogP contribution in [0.1, 0.15) is 107 Å². The van der Waals surface area contributed by atoms with Gasteiger partial charge in [0.2, 0.25) is 0 Å². The summed E-state index contributed by atoms with van der Waals surface area (Å²) in [5, 5.41) is 0. The average Bonchev–Trinajstić information content (AvgIpc) is 2.90. The highest BCUT2D eigenvalue weighted by Gasteiger charge is 2.31. The van der Waals surface area contributed by atoms with Crippen molar-refractivity contribution in [2.24, 2.45) is 23.7 Å². The average molecular weight is 493 g/mol. The molecule has 0 amide bonds. The summed E-state index contributed by atoms with van der Waals surface area (Å²) in [4.78, 5) is 0. The third-order valence-electron chi connectivity index (χ3n) is 9.34. The van der Waals surface area contributed by atoms with E-state index in [0.717, 1.165) is 36.2 Å². The molecule has 2 aliphatic carbocycles. The Kier molecular flexibility index (Phi) is 10.2. The van der Waals surface area contributed by atoms with Crippen LogP contribution >= 0.6 is 0 Å². The van der Waals surface area contributed by atoms with Gasteiger partial charge in [-0.1, -0.05) is 75.1 Å². The maximum Gasteiger partial charge on any atom is 0.129 e. The molecule has 196 valence electrons. The monoisotopic (exact) mass is 492 g/mol. The molecule has 36 heavy (non-hydrogen) atoms. The zero-order chi connectivity index (χ0) is 25.3. The van der Waals surface area contributed by atoms with E-state index in [-0.39, 0.29) is 17.2 Å². The highest BCUT2D eigenvalue weighted by molar-refractivity contribution is 5.27. The first-order valence-corrected chi connectivity index (χ1v) is 14.7. The minimum atomic E-state index is -0.369. The Labute approximate surface area is 218 Å². The van der Waals surface area contributed by atoms with Crippen molar-refractivity contribution in [1.29, 1.82) is 0 Å². The van der Waals surface area contributed by atoms with Gasteiger partial charge in [-0.15, -0.1) is 0 Å². The number of benzene rings is 2. The van der Waals surface area contributed by atoms with E-state index in [9.17, 15) is 8.78 Å². The lowest BCUT2D eigenvalue weighted by Gasteiger charge is -2.38. The second-order valence-electron chi connectivity index (χ2n) is 11.8. The van der Waals surface area contributed by atoms with Gasteiger partial charge in [0.05, 0.1) is 0 Å². The lowest BCUT2D eigenvalue weighted by atomic mass is 9.67. The molecule has 1 atom stereocenters. The van der Waals surface area contributed by atoms with Gasteiger partial charge < -0.3 is 0 Å². The zero-order valence-electron chi connectivity index (χ0n) is 22.5. The Morgan fingerprint density at radius 2 is 1.39 bits per heavy atom. The molecule has 4 rings (SSSR count). The van der Waals surface area contributed by atoms with Gasteiger partial charge in [-0.05, 0) is 118 Å². The summed E-state index contributed by atoms with van der Waals surface area (Å²) < 4.78 is 29.0. The van der Waals surface area contributed by atoms with Crippen molar-refractivity contribution in [2.75, 3.05) is 0 Å². The Balaban J connectivity index is 1.17. The molecule has 2 heteroatoms. The third kappa shape index (κ3) is 7.53. The first-order valence-electron chi connectivity index (χ1n) is 14.7. The van der Waals surface area contributed by atoms with Crippen molar-refractivity contribution in [3.8, 4) is 0 Å². The maximum absolute atomic E-state index is 14.5. The van der Waals surface area contributed by atoms with Crippen molar-refractivity contribution in [2.45, 2.75) is 103 Å². The Hall–Kier alpha value is -1.96. The largest absolute Gasteiger partial charge is 0.207 e. The lowest BCUT2D eigenvalue weighted by molar-refractivity contribution is 0.139. The summed E-state index contributed by atoms with van der Waals surface area (Å²) in [7, 11) is 0. The SMILES string of the molecule is C/C=C/CCc1c(F)cc(CCC2CCC(C3CCC(C[C@@H](C)c4ccccc4)CC3)CC2)cc1F. The van der Waals surface area contributed by atoms with E-state index in [1.807, 2.05) is 19.1 Å². The van der Waals surface area contributed by atoms with Gasteiger partial charge in [-0.2, -0.15) is 0 Å². The van der Waals surface area contributed by atoms with E-state index in [2.05, 4.69) is 37.3 Å². The minimum absolute atomic E-state index is 0.238. The summed E-state index contributed by atoms with van der Waals surface area (Å²) in [6.45, 7) is 4.33. The molecule has 0 aliphatic heterocycles. The molecule has 0 bridgehead atoms. The normalized spacial score (nSPS) is 25.8. The van der Waals surface area contributed by atoms with Crippen LogP contribution in [-0.2, 0) is 12.8 Å². The quantitative estimate of drug-likeness (QED) is 0.289. The summed E-state index contributed by atoms with van der Waals surface area (Å²) in [5.74, 6) is 3.36.